The van der Waals surface area contributed by atoms with Gasteiger partial charge in [0.2, 0.25) is 11.7 Å². The summed E-state index contributed by atoms with van der Waals surface area (Å²) in [5.41, 5.74) is 2.83. The molecule has 10 nitrogen and oxygen atoms in total. The predicted molar refractivity (Wildman–Crippen MR) is 108 cm³/mol. The van der Waals surface area contributed by atoms with Gasteiger partial charge in [0.25, 0.3) is 5.91 Å². The van der Waals surface area contributed by atoms with Gasteiger partial charge in [-0.25, -0.2) is 23.9 Å². The molecule has 5 aromatic heterocycles. The van der Waals surface area contributed by atoms with Crippen LogP contribution in [0.4, 0.5) is 4.39 Å². The number of nitrogens with zero attached hydrogens (tertiary/aromatic N) is 7. The van der Waals surface area contributed by atoms with Gasteiger partial charge in [0, 0.05) is 37.3 Å². The number of amides is 1. The molecule has 158 valence electrons. The molecule has 11 heteroatoms. The van der Waals surface area contributed by atoms with E-state index < -0.39 is 11.9 Å². The lowest BCUT2D eigenvalue weighted by molar-refractivity contribution is 0.0655. The van der Waals surface area contributed by atoms with Crippen LogP contribution in [0.25, 0.3) is 17.1 Å². The highest BCUT2D eigenvalue weighted by molar-refractivity contribution is 5.92. The van der Waals surface area contributed by atoms with Crippen molar-refractivity contribution in [3.63, 3.8) is 0 Å². The van der Waals surface area contributed by atoms with E-state index >= 15 is 0 Å². The van der Waals surface area contributed by atoms with Crippen LogP contribution in [0.2, 0.25) is 0 Å². The second kappa shape index (κ2) is 7.08. The van der Waals surface area contributed by atoms with Gasteiger partial charge in [-0.1, -0.05) is 0 Å². The zero-order valence-corrected chi connectivity index (χ0v) is 16.5. The maximum atomic E-state index is 14.3. The van der Waals surface area contributed by atoms with Gasteiger partial charge in [0.05, 0.1) is 30.1 Å². The van der Waals surface area contributed by atoms with E-state index in [0.717, 1.165) is 5.69 Å². The summed E-state index contributed by atoms with van der Waals surface area (Å²) < 4.78 is 21.4. The third kappa shape index (κ3) is 2.86. The summed E-state index contributed by atoms with van der Waals surface area (Å²) >= 11 is 0. The summed E-state index contributed by atoms with van der Waals surface area (Å²) in [5, 5.41) is 4.52. The number of halogens is 1. The van der Waals surface area contributed by atoms with E-state index in [0.29, 0.717) is 35.6 Å². The van der Waals surface area contributed by atoms with Gasteiger partial charge >= 0.3 is 0 Å². The Morgan fingerprint density at radius 2 is 2.16 bits per heavy atom. The third-order valence-electron chi connectivity index (χ3n) is 5.43. The minimum atomic E-state index is -0.609. The van der Waals surface area contributed by atoms with Gasteiger partial charge in [-0.15, -0.1) is 0 Å². The minimum Gasteiger partial charge on any atom is -0.429 e. The summed E-state index contributed by atoms with van der Waals surface area (Å²) in [6.45, 7) is 0.399. The fourth-order valence-corrected chi connectivity index (χ4v) is 3.97. The van der Waals surface area contributed by atoms with Crippen LogP contribution in [0.3, 0.4) is 0 Å². The van der Waals surface area contributed by atoms with Gasteiger partial charge in [0.1, 0.15) is 23.1 Å². The molecule has 0 bridgehead atoms. The SMILES string of the molecule is O=C(c1cnc(-c2cnccn2)o1)N1CCc2[nH]cnc2[C@@H]1c1cc2c(F)cccn2n1. The van der Waals surface area contributed by atoms with Crippen molar-refractivity contribution in [2.75, 3.05) is 6.54 Å². The number of aromatic amines is 1. The number of nitrogens with one attached hydrogen (secondary N) is 1. The van der Waals surface area contributed by atoms with E-state index in [1.165, 1.54) is 35.4 Å². The number of H-pyrrole nitrogens is 1. The van der Waals surface area contributed by atoms with E-state index in [1.807, 2.05) is 0 Å². The molecule has 1 aliphatic rings. The monoisotopic (exact) mass is 430 g/mol. The van der Waals surface area contributed by atoms with Crippen LogP contribution in [0, 0.1) is 5.82 Å². The highest BCUT2D eigenvalue weighted by Gasteiger charge is 2.37. The summed E-state index contributed by atoms with van der Waals surface area (Å²) in [7, 11) is 0. The largest absolute Gasteiger partial charge is 0.429 e. The number of hydrogen-bond acceptors (Lipinski definition) is 7. The number of carbonyl (C=O) groups excluding carboxylic acids is 1. The average Bonchev–Trinajstić information content (AvgIpc) is 3.58. The van der Waals surface area contributed by atoms with Crippen molar-refractivity contribution >= 4 is 11.4 Å². The van der Waals surface area contributed by atoms with Crippen molar-refractivity contribution < 1.29 is 13.6 Å². The lowest BCUT2D eigenvalue weighted by Crippen LogP contribution is -2.40. The Balaban J connectivity index is 1.41. The molecule has 5 aromatic rings. The van der Waals surface area contributed by atoms with E-state index in [1.54, 1.807) is 29.6 Å². The fraction of sp³-hybridized carbons (Fsp3) is 0.143. The Labute approximate surface area is 179 Å². The van der Waals surface area contributed by atoms with Crippen LogP contribution in [0.15, 0.2) is 59.9 Å². The molecule has 0 fully saturated rings. The Morgan fingerprint density at radius 1 is 1.22 bits per heavy atom. The van der Waals surface area contributed by atoms with Crippen LogP contribution in [0.1, 0.15) is 33.7 Å². The summed E-state index contributed by atoms with van der Waals surface area (Å²) in [6.07, 6.45) is 9.76. The van der Waals surface area contributed by atoms with Gasteiger partial charge < -0.3 is 14.3 Å². The number of aromatic nitrogens is 7. The van der Waals surface area contributed by atoms with Crippen LogP contribution < -0.4 is 0 Å². The van der Waals surface area contributed by atoms with Gasteiger partial charge in [-0.3, -0.25) is 9.78 Å². The Bertz CT molecular complexity index is 1440. The van der Waals surface area contributed by atoms with Crippen molar-refractivity contribution in [1.29, 1.82) is 0 Å². The van der Waals surface area contributed by atoms with Crippen molar-refractivity contribution in [3.05, 3.63) is 84.2 Å². The zero-order valence-electron chi connectivity index (χ0n) is 16.5. The Kier molecular flexibility index (Phi) is 4.06. The first-order valence-corrected chi connectivity index (χ1v) is 9.88. The van der Waals surface area contributed by atoms with Crippen LogP contribution in [-0.2, 0) is 6.42 Å². The molecule has 0 saturated carbocycles. The van der Waals surface area contributed by atoms with Crippen molar-refractivity contribution in [2.45, 2.75) is 12.5 Å². The standard InChI is InChI=1S/C21H15FN8O2/c22-12-2-1-6-30-16(12)8-14(28-30)19-18-13(26-11-27-18)3-7-29(19)21(31)17-10-25-20(32-17)15-9-23-4-5-24-15/h1-2,4-6,8-11,19H,3,7H2,(H,26,27)/t19-/m0/s1. The molecule has 1 amide bonds. The molecule has 0 unspecified atom stereocenters. The molecule has 0 saturated heterocycles. The highest BCUT2D eigenvalue weighted by atomic mass is 19.1. The zero-order chi connectivity index (χ0) is 21.7. The number of fused-ring (bicyclic) bond motifs is 2. The topological polar surface area (TPSA) is 118 Å². The Hall–Kier alpha value is -4.41. The number of hydrogen-bond donors (Lipinski definition) is 1. The van der Waals surface area contributed by atoms with Crippen LogP contribution in [-0.4, -0.2) is 51.9 Å². The molecular formula is C21H15FN8O2. The molecule has 0 aromatic carbocycles. The molecule has 1 aliphatic heterocycles. The molecular weight excluding hydrogens is 415 g/mol. The Morgan fingerprint density at radius 3 is 3.00 bits per heavy atom. The maximum Gasteiger partial charge on any atom is 0.292 e. The second-order valence-corrected chi connectivity index (χ2v) is 7.29. The maximum absolute atomic E-state index is 14.3. The van der Waals surface area contributed by atoms with Crippen LogP contribution >= 0.6 is 0 Å². The molecule has 0 spiro atoms. The molecule has 1 atom stereocenters. The minimum absolute atomic E-state index is 0.0598. The predicted octanol–water partition coefficient (Wildman–Crippen LogP) is 2.43. The molecule has 32 heavy (non-hydrogen) atoms. The van der Waals surface area contributed by atoms with Crippen molar-refractivity contribution in [1.82, 2.24) is 39.4 Å². The molecule has 0 radical (unpaired) electrons. The summed E-state index contributed by atoms with van der Waals surface area (Å²) in [4.78, 5) is 34.9. The lowest BCUT2D eigenvalue weighted by Gasteiger charge is -2.33. The van der Waals surface area contributed by atoms with Gasteiger partial charge in [-0.05, 0) is 18.2 Å². The van der Waals surface area contributed by atoms with E-state index in [9.17, 15) is 9.18 Å². The van der Waals surface area contributed by atoms with Crippen molar-refractivity contribution in [2.24, 2.45) is 0 Å². The lowest BCUT2D eigenvalue weighted by atomic mass is 9.99. The molecule has 1 N–H and O–H groups in total. The number of imidazole rings is 1. The third-order valence-corrected chi connectivity index (χ3v) is 5.43. The molecule has 6 heterocycles. The first kappa shape index (κ1) is 18.4. The fourth-order valence-electron chi connectivity index (χ4n) is 3.97. The number of pyridine rings is 1. The number of oxazole rings is 1. The normalized spacial score (nSPS) is 15.8. The average molecular weight is 430 g/mol. The van der Waals surface area contributed by atoms with Gasteiger partial charge in [0.15, 0.2) is 0 Å². The quantitative estimate of drug-likeness (QED) is 0.467. The van der Waals surface area contributed by atoms with Crippen molar-refractivity contribution in [3.8, 4) is 11.6 Å². The second-order valence-electron chi connectivity index (χ2n) is 7.29. The summed E-state index contributed by atoms with van der Waals surface area (Å²) in [5.74, 6) is -0.510. The smallest absolute Gasteiger partial charge is 0.292 e. The summed E-state index contributed by atoms with van der Waals surface area (Å²) in [6, 6.07) is 3.97. The number of carbonyl (C=O) groups is 1. The highest BCUT2D eigenvalue weighted by Crippen LogP contribution is 2.34. The molecule has 0 aliphatic carbocycles. The van der Waals surface area contributed by atoms with E-state index in [4.69, 9.17) is 4.42 Å². The van der Waals surface area contributed by atoms with E-state index in [2.05, 4.69) is 30.0 Å². The molecule has 6 rings (SSSR count). The first-order chi connectivity index (χ1) is 15.7. The van der Waals surface area contributed by atoms with Crippen LogP contribution in [0.5, 0.6) is 0 Å². The first-order valence-electron chi connectivity index (χ1n) is 9.88. The van der Waals surface area contributed by atoms with E-state index in [-0.39, 0.29) is 17.6 Å². The van der Waals surface area contributed by atoms with Gasteiger partial charge in [-0.2, -0.15) is 5.10 Å². The number of rotatable bonds is 3.